The van der Waals surface area contributed by atoms with Gasteiger partial charge in [-0.2, -0.15) is 13.1 Å². The third-order valence-corrected chi connectivity index (χ3v) is 2.09. The highest BCUT2D eigenvalue weighted by Crippen LogP contribution is 1.81. The normalized spacial score (nSPS) is 12.1. The van der Waals surface area contributed by atoms with Crippen LogP contribution in [0.2, 0.25) is 6.04 Å². The molecule has 4 nitrogen and oxygen atoms in total. The summed E-state index contributed by atoms with van der Waals surface area (Å²) in [5, 5.41) is 0. The van der Waals surface area contributed by atoms with Crippen molar-refractivity contribution in [1.82, 2.24) is 4.72 Å². The van der Waals surface area contributed by atoms with Crippen LogP contribution in [-0.2, 0) is 10.3 Å². The van der Waals surface area contributed by atoms with Gasteiger partial charge in [0.2, 0.25) is 0 Å². The average molecular weight is 169 g/mol. The molecule has 2 N–H and O–H groups in total. The van der Waals surface area contributed by atoms with E-state index in [2.05, 4.69) is 0 Å². The van der Waals surface area contributed by atoms with Crippen LogP contribution < -0.4 is 4.72 Å². The van der Waals surface area contributed by atoms with E-state index in [-0.39, 0.29) is 0 Å². The van der Waals surface area contributed by atoms with Gasteiger partial charge in [0.05, 0.1) is 0 Å². The predicted octanol–water partition coefficient (Wildman–Crippen LogP) is -1.45. The maximum absolute atomic E-state index is 9.96. The fraction of sp³-hybridized carbons (Fsp3) is 1.00. The van der Waals surface area contributed by atoms with E-state index >= 15 is 0 Å². The highest BCUT2D eigenvalue weighted by molar-refractivity contribution is 7.83. The second-order valence-electron chi connectivity index (χ2n) is 1.72. The van der Waals surface area contributed by atoms with E-state index in [4.69, 9.17) is 4.55 Å². The van der Waals surface area contributed by atoms with Gasteiger partial charge in [-0.05, 0) is 6.42 Å². The molecular formula is C3H11NO3SSi. The number of hydrogen-bond acceptors (Lipinski definition) is 2. The molecule has 0 aromatic rings. The third-order valence-electron chi connectivity index (χ3n) is 0.815. The molecule has 0 amide bonds. The molecule has 0 aromatic heterocycles. The highest BCUT2D eigenvalue weighted by atomic mass is 32.2. The minimum absolute atomic E-state index is 0.350. The summed E-state index contributed by atoms with van der Waals surface area (Å²) < 4.78 is 30.0. The Balaban J connectivity index is 3.30. The van der Waals surface area contributed by atoms with Crippen molar-refractivity contribution < 1.29 is 13.0 Å². The predicted molar refractivity (Wildman–Crippen MR) is 38.9 cm³/mol. The summed E-state index contributed by atoms with van der Waals surface area (Å²) in [6, 6.07) is 1.04. The minimum atomic E-state index is -3.93. The van der Waals surface area contributed by atoms with E-state index in [9.17, 15) is 8.42 Å². The molecule has 6 heteroatoms. The summed E-state index contributed by atoms with van der Waals surface area (Å²) in [6.07, 6.45) is 0.812. The molecule has 0 aliphatic heterocycles. The Hall–Kier alpha value is 0.0869. The van der Waals surface area contributed by atoms with Crippen molar-refractivity contribution >= 4 is 20.5 Å². The van der Waals surface area contributed by atoms with E-state index in [0.717, 1.165) is 22.7 Å². The molecule has 0 radical (unpaired) electrons. The second kappa shape index (κ2) is 3.99. The Morgan fingerprint density at radius 2 is 2.11 bits per heavy atom. The fourth-order valence-electron chi connectivity index (χ4n) is 0.378. The molecule has 0 unspecified atom stereocenters. The molecule has 0 aromatic carbocycles. The van der Waals surface area contributed by atoms with Gasteiger partial charge in [-0.15, -0.1) is 0 Å². The van der Waals surface area contributed by atoms with Gasteiger partial charge in [0.25, 0.3) is 0 Å². The summed E-state index contributed by atoms with van der Waals surface area (Å²) in [5.41, 5.74) is 0. The van der Waals surface area contributed by atoms with E-state index in [1.54, 1.807) is 0 Å². The van der Waals surface area contributed by atoms with Gasteiger partial charge < -0.3 is 0 Å². The van der Waals surface area contributed by atoms with E-state index in [1.807, 2.05) is 4.72 Å². The minimum Gasteiger partial charge on any atom is -0.273 e. The summed E-state index contributed by atoms with van der Waals surface area (Å²) >= 11 is 0. The Labute approximate surface area is 58.0 Å². The Kier molecular flexibility index (Phi) is 4.03. The summed E-state index contributed by atoms with van der Waals surface area (Å²) in [5.74, 6) is 0. The SMILES string of the molecule is O=S(=O)(O)NCCC[SiH3]. The molecule has 0 heterocycles. The van der Waals surface area contributed by atoms with Crippen LogP contribution in [0.1, 0.15) is 6.42 Å². The Morgan fingerprint density at radius 3 is 2.44 bits per heavy atom. The molecule has 0 spiro atoms. The number of rotatable bonds is 4. The zero-order valence-corrected chi connectivity index (χ0v) is 8.11. The van der Waals surface area contributed by atoms with Gasteiger partial charge >= 0.3 is 10.3 Å². The van der Waals surface area contributed by atoms with Crippen molar-refractivity contribution in [2.24, 2.45) is 0 Å². The highest BCUT2D eigenvalue weighted by Gasteiger charge is 1.98. The standard InChI is InChI=1S/C3H11NO3SSi/c5-8(6,7)4-2-1-3-9/h4H,1-3H2,9H3,(H,5,6,7). The van der Waals surface area contributed by atoms with Crippen molar-refractivity contribution in [3.8, 4) is 0 Å². The van der Waals surface area contributed by atoms with Crippen molar-refractivity contribution in [3.05, 3.63) is 0 Å². The van der Waals surface area contributed by atoms with Crippen LogP contribution in [-0.4, -0.2) is 29.8 Å². The third kappa shape index (κ3) is 8.09. The van der Waals surface area contributed by atoms with Crippen LogP contribution in [0.15, 0.2) is 0 Å². The summed E-state index contributed by atoms with van der Waals surface area (Å²) in [7, 11) is -2.86. The number of hydrogen-bond donors (Lipinski definition) is 2. The van der Waals surface area contributed by atoms with Crippen LogP contribution in [0, 0.1) is 0 Å². The molecule has 9 heavy (non-hydrogen) atoms. The van der Waals surface area contributed by atoms with Gasteiger partial charge in [0.15, 0.2) is 0 Å². The quantitative estimate of drug-likeness (QED) is 0.307. The lowest BCUT2D eigenvalue weighted by atomic mass is 10.5. The first kappa shape index (κ1) is 9.09. The first-order chi connectivity index (χ1) is 4.06. The van der Waals surface area contributed by atoms with E-state index in [1.165, 1.54) is 0 Å². The Morgan fingerprint density at radius 1 is 1.56 bits per heavy atom. The van der Waals surface area contributed by atoms with Gasteiger partial charge in [-0.1, -0.05) is 6.04 Å². The molecular weight excluding hydrogens is 158 g/mol. The van der Waals surface area contributed by atoms with Crippen LogP contribution >= 0.6 is 0 Å². The maximum Gasteiger partial charge on any atom is 0.333 e. The van der Waals surface area contributed by atoms with Gasteiger partial charge in [0, 0.05) is 16.8 Å². The Bertz CT molecular complexity index is 154. The molecule has 0 rings (SSSR count). The fourth-order valence-corrected chi connectivity index (χ4v) is 1.13. The topological polar surface area (TPSA) is 66.4 Å². The summed E-state index contributed by atoms with van der Waals surface area (Å²) in [6.45, 7) is 0.350. The molecule has 0 aliphatic carbocycles. The molecule has 0 atom stereocenters. The van der Waals surface area contributed by atoms with E-state index in [0.29, 0.717) is 6.54 Å². The summed E-state index contributed by atoms with van der Waals surface area (Å²) in [4.78, 5) is 0. The lowest BCUT2D eigenvalue weighted by Gasteiger charge is -1.96. The first-order valence-electron chi connectivity index (χ1n) is 2.78. The molecule has 0 saturated carbocycles. The zero-order chi connectivity index (χ0) is 7.33. The van der Waals surface area contributed by atoms with Crippen molar-refractivity contribution in [1.29, 1.82) is 0 Å². The largest absolute Gasteiger partial charge is 0.333 e. The van der Waals surface area contributed by atoms with Crippen LogP contribution in [0.5, 0.6) is 0 Å². The van der Waals surface area contributed by atoms with Crippen LogP contribution in [0.3, 0.4) is 0 Å². The van der Waals surface area contributed by atoms with Gasteiger partial charge in [0.1, 0.15) is 0 Å². The van der Waals surface area contributed by atoms with Crippen molar-refractivity contribution in [2.75, 3.05) is 6.54 Å². The molecule has 0 bridgehead atoms. The zero-order valence-electron chi connectivity index (χ0n) is 5.29. The molecule has 0 fully saturated rings. The smallest absolute Gasteiger partial charge is 0.273 e. The van der Waals surface area contributed by atoms with Crippen LogP contribution in [0.25, 0.3) is 0 Å². The van der Waals surface area contributed by atoms with Crippen molar-refractivity contribution in [2.45, 2.75) is 12.5 Å². The lowest BCUT2D eigenvalue weighted by molar-refractivity contribution is 0.467. The monoisotopic (exact) mass is 169 g/mol. The number of nitrogens with one attached hydrogen (secondary N) is 1. The maximum atomic E-state index is 9.96. The lowest BCUT2D eigenvalue weighted by Crippen LogP contribution is -2.23. The second-order valence-corrected chi connectivity index (χ2v) is 3.96. The van der Waals surface area contributed by atoms with E-state index < -0.39 is 10.3 Å². The van der Waals surface area contributed by atoms with Gasteiger partial charge in [-0.3, -0.25) is 4.55 Å². The van der Waals surface area contributed by atoms with Crippen molar-refractivity contribution in [3.63, 3.8) is 0 Å². The van der Waals surface area contributed by atoms with Gasteiger partial charge in [-0.25, -0.2) is 0 Å². The average Bonchev–Trinajstić information content (AvgIpc) is 1.63. The first-order valence-corrected chi connectivity index (χ1v) is 5.63. The van der Waals surface area contributed by atoms with Crippen LogP contribution in [0.4, 0.5) is 0 Å². The molecule has 0 aliphatic rings. The molecule has 56 valence electrons. The molecule has 0 saturated heterocycles.